The van der Waals surface area contributed by atoms with Crippen LogP contribution in [0, 0.1) is 5.92 Å². The fraction of sp³-hybridized carbons (Fsp3) is 0.188. The van der Waals surface area contributed by atoms with E-state index in [0.29, 0.717) is 5.02 Å². The van der Waals surface area contributed by atoms with E-state index in [4.69, 9.17) is 29.6 Å². The number of rotatable bonds is 4. The van der Waals surface area contributed by atoms with Crippen LogP contribution < -0.4 is 5.73 Å². The molecule has 7 heteroatoms. The molecule has 0 amide bonds. The van der Waals surface area contributed by atoms with Crippen LogP contribution >= 0.6 is 39.7 Å². The maximum atomic E-state index is 12.9. The van der Waals surface area contributed by atoms with Crippen LogP contribution in [0.5, 0.6) is 0 Å². The molecule has 3 nitrogen and oxygen atoms in total. The standard InChI is InChI=1S/C16H13BrClNO2S2/c17-10-3-1-9(2-4-10)13-14(16(19)22)15(13)23(20,21)12-7-5-11(18)6-8-12/h1-8,13-15H,(H2,19,22)/t13-,14+,15+/m1/s1. The molecule has 0 heterocycles. The normalized spacial score (nSPS) is 23.5. The summed E-state index contributed by atoms with van der Waals surface area (Å²) in [5.74, 6) is -0.548. The second-order valence-corrected chi connectivity index (χ2v) is 9.40. The van der Waals surface area contributed by atoms with Crippen molar-refractivity contribution in [3.8, 4) is 0 Å². The molecule has 23 heavy (non-hydrogen) atoms. The molecule has 0 aliphatic heterocycles. The van der Waals surface area contributed by atoms with Gasteiger partial charge in [0.25, 0.3) is 0 Å². The summed E-state index contributed by atoms with van der Waals surface area (Å²) in [6, 6.07) is 13.8. The fourth-order valence-corrected chi connectivity index (χ4v) is 5.79. The molecular weight excluding hydrogens is 418 g/mol. The molecule has 1 aliphatic rings. The molecule has 3 atom stereocenters. The molecule has 1 saturated carbocycles. The summed E-state index contributed by atoms with van der Waals surface area (Å²) in [6.07, 6.45) is 0. The van der Waals surface area contributed by atoms with Crippen LogP contribution in [-0.4, -0.2) is 18.7 Å². The highest BCUT2D eigenvalue weighted by molar-refractivity contribution is 9.10. The molecule has 3 rings (SSSR count). The van der Waals surface area contributed by atoms with Gasteiger partial charge in [0.2, 0.25) is 0 Å². The largest absolute Gasteiger partial charge is 0.393 e. The minimum absolute atomic E-state index is 0.207. The number of halogens is 2. The Morgan fingerprint density at radius 3 is 2.17 bits per heavy atom. The van der Waals surface area contributed by atoms with Gasteiger partial charge in [0, 0.05) is 21.3 Å². The second-order valence-electron chi connectivity index (χ2n) is 5.47. The first-order valence-electron chi connectivity index (χ1n) is 6.86. The van der Waals surface area contributed by atoms with Crippen LogP contribution in [0.4, 0.5) is 0 Å². The van der Waals surface area contributed by atoms with Gasteiger partial charge in [-0.1, -0.05) is 51.9 Å². The highest BCUT2D eigenvalue weighted by atomic mass is 79.9. The smallest absolute Gasteiger partial charge is 0.182 e. The monoisotopic (exact) mass is 429 g/mol. The van der Waals surface area contributed by atoms with Crippen molar-refractivity contribution in [1.29, 1.82) is 0 Å². The van der Waals surface area contributed by atoms with Crippen molar-refractivity contribution in [2.24, 2.45) is 11.7 Å². The summed E-state index contributed by atoms with van der Waals surface area (Å²) in [6.45, 7) is 0. The summed E-state index contributed by atoms with van der Waals surface area (Å²) in [5.41, 5.74) is 6.71. The lowest BCUT2D eigenvalue weighted by atomic mass is 10.1. The van der Waals surface area contributed by atoms with Crippen LogP contribution in [0.3, 0.4) is 0 Å². The van der Waals surface area contributed by atoms with Gasteiger partial charge < -0.3 is 5.73 Å². The van der Waals surface area contributed by atoms with E-state index in [2.05, 4.69) is 15.9 Å². The highest BCUT2D eigenvalue weighted by Crippen LogP contribution is 2.54. The number of benzene rings is 2. The summed E-state index contributed by atoms with van der Waals surface area (Å²) in [7, 11) is -3.52. The molecule has 0 aromatic heterocycles. The zero-order valence-corrected chi connectivity index (χ0v) is 15.8. The number of nitrogens with two attached hydrogens (primary N) is 1. The lowest BCUT2D eigenvalue weighted by molar-refractivity contribution is 0.593. The SMILES string of the molecule is NC(=S)[C@H]1[C@@H](c2ccc(Br)cc2)[C@@H]1S(=O)(=O)c1ccc(Cl)cc1. The zero-order chi connectivity index (χ0) is 16.8. The Hall–Kier alpha value is -0.950. The lowest BCUT2D eigenvalue weighted by Gasteiger charge is -2.04. The van der Waals surface area contributed by atoms with Gasteiger partial charge in [-0.2, -0.15) is 0 Å². The molecule has 0 radical (unpaired) electrons. The first-order valence-corrected chi connectivity index (χ1v) is 9.99. The molecule has 0 saturated heterocycles. The maximum Gasteiger partial charge on any atom is 0.182 e. The van der Waals surface area contributed by atoms with Crippen molar-refractivity contribution in [3.05, 3.63) is 63.6 Å². The molecule has 2 aromatic rings. The lowest BCUT2D eigenvalue weighted by Crippen LogP contribution is -2.17. The van der Waals surface area contributed by atoms with Crippen LogP contribution in [-0.2, 0) is 9.84 Å². The number of hydrogen-bond donors (Lipinski definition) is 1. The van der Waals surface area contributed by atoms with E-state index in [1.54, 1.807) is 12.1 Å². The van der Waals surface area contributed by atoms with Gasteiger partial charge in [-0.15, -0.1) is 0 Å². The Morgan fingerprint density at radius 2 is 1.65 bits per heavy atom. The maximum absolute atomic E-state index is 12.9. The molecular formula is C16H13BrClNO2S2. The van der Waals surface area contributed by atoms with E-state index in [9.17, 15) is 8.42 Å². The van der Waals surface area contributed by atoms with Gasteiger partial charge in [0.15, 0.2) is 9.84 Å². The highest BCUT2D eigenvalue weighted by Gasteiger charge is 2.60. The first-order chi connectivity index (χ1) is 10.8. The van der Waals surface area contributed by atoms with Crippen molar-refractivity contribution >= 4 is 54.6 Å². The Labute approximate surface area is 153 Å². The quantitative estimate of drug-likeness (QED) is 0.746. The summed E-state index contributed by atoms with van der Waals surface area (Å²) >= 11 is 14.3. The van der Waals surface area contributed by atoms with Gasteiger partial charge in [-0.05, 0) is 42.0 Å². The van der Waals surface area contributed by atoms with Crippen molar-refractivity contribution in [3.63, 3.8) is 0 Å². The molecule has 0 spiro atoms. The van der Waals surface area contributed by atoms with Crippen molar-refractivity contribution in [1.82, 2.24) is 0 Å². The third-order valence-electron chi connectivity index (χ3n) is 4.04. The van der Waals surface area contributed by atoms with Crippen LogP contribution in [0.25, 0.3) is 0 Å². The number of sulfone groups is 1. The van der Waals surface area contributed by atoms with Gasteiger partial charge in [-0.25, -0.2) is 8.42 Å². The van der Waals surface area contributed by atoms with Crippen LogP contribution in [0.2, 0.25) is 5.02 Å². The Morgan fingerprint density at radius 1 is 1.09 bits per heavy atom. The van der Waals surface area contributed by atoms with E-state index in [0.717, 1.165) is 10.0 Å². The number of thiocarbonyl (C=S) groups is 1. The average Bonchev–Trinajstić information content (AvgIpc) is 3.25. The van der Waals surface area contributed by atoms with Gasteiger partial charge in [0.05, 0.1) is 15.1 Å². The van der Waals surface area contributed by atoms with E-state index in [-0.39, 0.29) is 21.7 Å². The van der Waals surface area contributed by atoms with E-state index < -0.39 is 15.1 Å². The molecule has 120 valence electrons. The molecule has 1 fully saturated rings. The van der Waals surface area contributed by atoms with Crippen LogP contribution in [0.1, 0.15) is 11.5 Å². The summed E-state index contributed by atoms with van der Waals surface area (Å²) in [4.78, 5) is 0.480. The minimum Gasteiger partial charge on any atom is -0.393 e. The molecule has 2 aromatic carbocycles. The van der Waals surface area contributed by atoms with Crippen LogP contribution in [0.15, 0.2) is 57.9 Å². The van der Waals surface area contributed by atoms with E-state index in [1.807, 2.05) is 24.3 Å². The summed E-state index contributed by atoms with van der Waals surface area (Å²) in [5, 5.41) is -0.127. The average molecular weight is 431 g/mol. The molecule has 2 N–H and O–H groups in total. The number of hydrogen-bond acceptors (Lipinski definition) is 3. The van der Waals surface area contributed by atoms with Crippen molar-refractivity contribution in [2.45, 2.75) is 16.1 Å². The third kappa shape index (κ3) is 3.18. The van der Waals surface area contributed by atoms with E-state index >= 15 is 0 Å². The Balaban J connectivity index is 1.98. The molecule has 1 aliphatic carbocycles. The third-order valence-corrected chi connectivity index (χ3v) is 7.32. The Bertz CT molecular complexity index is 851. The fourth-order valence-electron chi connectivity index (χ4n) is 2.87. The molecule has 0 bridgehead atoms. The molecule has 0 unspecified atom stereocenters. The van der Waals surface area contributed by atoms with Crippen molar-refractivity contribution < 1.29 is 8.42 Å². The minimum atomic E-state index is -3.52. The van der Waals surface area contributed by atoms with Crippen molar-refractivity contribution in [2.75, 3.05) is 0 Å². The predicted molar refractivity (Wildman–Crippen MR) is 99.6 cm³/mol. The zero-order valence-electron chi connectivity index (χ0n) is 11.8. The van der Waals surface area contributed by atoms with Gasteiger partial charge >= 0.3 is 0 Å². The van der Waals surface area contributed by atoms with Gasteiger partial charge in [-0.3, -0.25) is 0 Å². The summed E-state index contributed by atoms with van der Waals surface area (Å²) < 4.78 is 26.7. The first kappa shape index (κ1) is 16.9. The topological polar surface area (TPSA) is 60.2 Å². The Kier molecular flexibility index (Phi) is 4.53. The van der Waals surface area contributed by atoms with E-state index in [1.165, 1.54) is 12.1 Å². The second kappa shape index (κ2) is 6.16. The van der Waals surface area contributed by atoms with Gasteiger partial charge in [0.1, 0.15) is 0 Å². The predicted octanol–water partition coefficient (Wildman–Crippen LogP) is 3.94.